The van der Waals surface area contributed by atoms with Gasteiger partial charge in [0.1, 0.15) is 5.69 Å². The van der Waals surface area contributed by atoms with Crippen molar-refractivity contribution in [2.75, 3.05) is 6.54 Å². The fourth-order valence-corrected chi connectivity index (χ4v) is 3.17. The molecule has 1 saturated carbocycles. The Labute approximate surface area is 134 Å². The first-order chi connectivity index (χ1) is 11.2. The lowest BCUT2D eigenvalue weighted by Gasteiger charge is -2.03. The number of benzene rings is 1. The van der Waals surface area contributed by atoms with Crippen LogP contribution in [0.2, 0.25) is 0 Å². The van der Waals surface area contributed by atoms with Crippen LogP contribution in [0.3, 0.4) is 0 Å². The second kappa shape index (κ2) is 5.54. The Balaban J connectivity index is 1.38. The number of H-pyrrole nitrogens is 1. The van der Waals surface area contributed by atoms with Gasteiger partial charge in [-0.25, -0.2) is 0 Å². The molecule has 0 saturated heterocycles. The average Bonchev–Trinajstić information content (AvgIpc) is 3.23. The molecule has 4 rings (SSSR count). The molecular formula is C19H19N3O. The number of nitrogens with one attached hydrogen (secondary N) is 2. The van der Waals surface area contributed by atoms with Crippen LogP contribution in [0.4, 0.5) is 0 Å². The molecular weight excluding hydrogens is 286 g/mol. The first-order valence-corrected chi connectivity index (χ1v) is 7.98. The van der Waals surface area contributed by atoms with Crippen LogP contribution in [-0.2, 0) is 0 Å². The minimum Gasteiger partial charge on any atom is -0.351 e. The van der Waals surface area contributed by atoms with Gasteiger partial charge in [-0.2, -0.15) is 0 Å². The number of hydrogen-bond donors (Lipinski definition) is 2. The summed E-state index contributed by atoms with van der Waals surface area (Å²) in [7, 11) is 0. The van der Waals surface area contributed by atoms with Crippen LogP contribution >= 0.6 is 0 Å². The SMILES string of the molecule is Cc1ccc2[nH]c(C(=O)NC[C@@H]3C[C@H]3c3cccnc3)cc2c1. The van der Waals surface area contributed by atoms with Gasteiger partial charge in [-0.15, -0.1) is 0 Å². The van der Waals surface area contributed by atoms with E-state index >= 15 is 0 Å². The van der Waals surface area contributed by atoms with Crippen LogP contribution in [0.1, 0.15) is 34.0 Å². The Kier molecular flexibility index (Phi) is 3.37. The van der Waals surface area contributed by atoms with Gasteiger partial charge in [0.25, 0.3) is 5.91 Å². The van der Waals surface area contributed by atoms with Crippen LogP contribution in [0.5, 0.6) is 0 Å². The van der Waals surface area contributed by atoms with Crippen molar-refractivity contribution in [3.8, 4) is 0 Å². The first kappa shape index (κ1) is 14.0. The number of aromatic nitrogens is 2. The van der Waals surface area contributed by atoms with Crippen molar-refractivity contribution in [1.82, 2.24) is 15.3 Å². The number of pyridine rings is 1. The fraction of sp³-hybridized carbons (Fsp3) is 0.263. The monoisotopic (exact) mass is 305 g/mol. The number of carbonyl (C=O) groups is 1. The normalized spacial score (nSPS) is 19.7. The zero-order chi connectivity index (χ0) is 15.8. The molecule has 1 aromatic carbocycles. The molecule has 0 bridgehead atoms. The molecule has 2 aromatic heterocycles. The van der Waals surface area contributed by atoms with Crippen LogP contribution in [0.15, 0.2) is 48.8 Å². The number of carbonyl (C=O) groups excluding carboxylic acids is 1. The van der Waals surface area contributed by atoms with Gasteiger partial charge in [0.15, 0.2) is 0 Å². The molecule has 1 aliphatic carbocycles. The Hall–Kier alpha value is -2.62. The van der Waals surface area contributed by atoms with E-state index in [1.807, 2.05) is 30.5 Å². The molecule has 2 heterocycles. The first-order valence-electron chi connectivity index (χ1n) is 7.98. The van der Waals surface area contributed by atoms with Gasteiger partial charge in [-0.3, -0.25) is 9.78 Å². The summed E-state index contributed by atoms with van der Waals surface area (Å²) in [6.07, 6.45) is 4.84. The van der Waals surface area contributed by atoms with Crippen LogP contribution in [0, 0.1) is 12.8 Å². The van der Waals surface area contributed by atoms with E-state index in [2.05, 4.69) is 34.3 Å². The molecule has 23 heavy (non-hydrogen) atoms. The second-order valence-corrected chi connectivity index (χ2v) is 6.37. The summed E-state index contributed by atoms with van der Waals surface area (Å²) in [6.45, 7) is 2.77. The molecule has 2 N–H and O–H groups in total. The third-order valence-electron chi connectivity index (χ3n) is 4.58. The fourth-order valence-electron chi connectivity index (χ4n) is 3.17. The van der Waals surface area contributed by atoms with Crippen molar-refractivity contribution < 1.29 is 4.79 Å². The summed E-state index contributed by atoms with van der Waals surface area (Å²) in [5, 5.41) is 4.12. The summed E-state index contributed by atoms with van der Waals surface area (Å²) in [5.74, 6) is 1.03. The van der Waals surface area contributed by atoms with E-state index in [-0.39, 0.29) is 5.91 Å². The summed E-state index contributed by atoms with van der Waals surface area (Å²) in [5.41, 5.74) is 4.10. The number of hydrogen-bond acceptors (Lipinski definition) is 2. The maximum absolute atomic E-state index is 12.3. The van der Waals surface area contributed by atoms with Crippen molar-refractivity contribution in [3.63, 3.8) is 0 Å². The standard InChI is InChI=1S/C19H19N3O/c1-12-4-5-17-14(7-12)9-18(22-17)19(23)21-11-15-8-16(15)13-3-2-6-20-10-13/h2-7,9-10,15-16,22H,8,11H2,1H3,(H,21,23)/t15-,16-/m0/s1. The third kappa shape index (κ3) is 2.84. The minimum absolute atomic E-state index is 0.0318. The largest absolute Gasteiger partial charge is 0.351 e. The topological polar surface area (TPSA) is 57.8 Å². The predicted molar refractivity (Wildman–Crippen MR) is 90.5 cm³/mol. The highest BCUT2D eigenvalue weighted by molar-refractivity contribution is 5.98. The molecule has 4 nitrogen and oxygen atoms in total. The molecule has 4 heteroatoms. The third-order valence-corrected chi connectivity index (χ3v) is 4.58. The highest BCUT2D eigenvalue weighted by Gasteiger charge is 2.38. The van der Waals surface area contributed by atoms with E-state index in [1.165, 1.54) is 11.1 Å². The number of aromatic amines is 1. The lowest BCUT2D eigenvalue weighted by Crippen LogP contribution is -2.26. The van der Waals surface area contributed by atoms with Gasteiger partial charge in [0.05, 0.1) is 0 Å². The van der Waals surface area contributed by atoms with E-state index in [0.29, 0.717) is 24.1 Å². The number of fused-ring (bicyclic) bond motifs is 1. The predicted octanol–water partition coefficient (Wildman–Crippen LogP) is 3.40. The van der Waals surface area contributed by atoms with Gasteiger partial charge >= 0.3 is 0 Å². The molecule has 116 valence electrons. The number of rotatable bonds is 4. The molecule has 0 radical (unpaired) electrons. The van der Waals surface area contributed by atoms with Crippen molar-refractivity contribution in [2.24, 2.45) is 5.92 Å². The molecule has 1 aliphatic rings. The molecule has 1 amide bonds. The van der Waals surface area contributed by atoms with Gasteiger partial charge in [-0.05, 0) is 55.0 Å². The van der Waals surface area contributed by atoms with Crippen LogP contribution < -0.4 is 5.32 Å². The molecule has 0 unspecified atom stereocenters. The lowest BCUT2D eigenvalue weighted by atomic mass is 10.1. The van der Waals surface area contributed by atoms with Crippen molar-refractivity contribution in [3.05, 3.63) is 65.6 Å². The smallest absolute Gasteiger partial charge is 0.267 e. The quantitative estimate of drug-likeness (QED) is 0.776. The zero-order valence-electron chi connectivity index (χ0n) is 13.0. The number of amides is 1. The molecule has 1 fully saturated rings. The second-order valence-electron chi connectivity index (χ2n) is 6.37. The number of nitrogens with zero attached hydrogens (tertiary/aromatic N) is 1. The summed E-state index contributed by atoms with van der Waals surface area (Å²) in [6, 6.07) is 12.1. The van der Waals surface area contributed by atoms with Crippen molar-refractivity contribution >= 4 is 16.8 Å². The van der Waals surface area contributed by atoms with Gasteiger partial charge in [0.2, 0.25) is 0 Å². The molecule has 3 aromatic rings. The zero-order valence-corrected chi connectivity index (χ0v) is 13.0. The van der Waals surface area contributed by atoms with Crippen molar-refractivity contribution in [1.29, 1.82) is 0 Å². The van der Waals surface area contributed by atoms with Gasteiger partial charge in [0, 0.05) is 29.8 Å². The van der Waals surface area contributed by atoms with Crippen molar-refractivity contribution in [2.45, 2.75) is 19.3 Å². The summed E-state index contributed by atoms with van der Waals surface area (Å²) >= 11 is 0. The Bertz CT molecular complexity index is 853. The summed E-state index contributed by atoms with van der Waals surface area (Å²) in [4.78, 5) is 19.7. The average molecular weight is 305 g/mol. The Morgan fingerprint density at radius 2 is 2.26 bits per heavy atom. The van der Waals surface area contributed by atoms with Gasteiger partial charge < -0.3 is 10.3 Å². The van der Waals surface area contributed by atoms with E-state index in [0.717, 1.165) is 17.3 Å². The Morgan fingerprint density at radius 1 is 1.35 bits per heavy atom. The molecule has 0 aliphatic heterocycles. The van der Waals surface area contributed by atoms with Crippen LogP contribution in [0.25, 0.3) is 10.9 Å². The minimum atomic E-state index is -0.0318. The van der Waals surface area contributed by atoms with Crippen LogP contribution in [-0.4, -0.2) is 22.4 Å². The van der Waals surface area contributed by atoms with Gasteiger partial charge in [-0.1, -0.05) is 17.7 Å². The molecule has 2 atom stereocenters. The Morgan fingerprint density at radius 3 is 3.09 bits per heavy atom. The van der Waals surface area contributed by atoms with E-state index in [9.17, 15) is 4.79 Å². The summed E-state index contributed by atoms with van der Waals surface area (Å²) < 4.78 is 0. The lowest BCUT2D eigenvalue weighted by molar-refractivity contribution is 0.0947. The number of aryl methyl sites for hydroxylation is 1. The van der Waals surface area contributed by atoms with E-state index < -0.39 is 0 Å². The maximum Gasteiger partial charge on any atom is 0.267 e. The van der Waals surface area contributed by atoms with E-state index in [4.69, 9.17) is 0 Å². The maximum atomic E-state index is 12.3. The highest BCUT2D eigenvalue weighted by Crippen LogP contribution is 2.46. The molecule has 0 spiro atoms. The highest BCUT2D eigenvalue weighted by atomic mass is 16.1. The van der Waals surface area contributed by atoms with E-state index in [1.54, 1.807) is 6.20 Å².